The predicted octanol–water partition coefficient (Wildman–Crippen LogP) is 3.79. The lowest BCUT2D eigenvalue weighted by molar-refractivity contribution is 0.456. The summed E-state index contributed by atoms with van der Waals surface area (Å²) in [4.78, 5) is 0. The van der Waals surface area contributed by atoms with E-state index in [1.54, 1.807) is 0 Å². The van der Waals surface area contributed by atoms with Gasteiger partial charge in [0, 0.05) is 10.0 Å². The minimum atomic E-state index is -0.0715. The summed E-state index contributed by atoms with van der Waals surface area (Å²) in [6, 6.07) is 4.28. The van der Waals surface area contributed by atoms with Crippen LogP contribution in [0.2, 0.25) is 0 Å². The van der Waals surface area contributed by atoms with Crippen molar-refractivity contribution in [2.75, 3.05) is 0 Å². The van der Waals surface area contributed by atoms with E-state index in [0.717, 1.165) is 12.8 Å². The molecular formula is C13H18BrN. The summed E-state index contributed by atoms with van der Waals surface area (Å²) < 4.78 is 1.18. The van der Waals surface area contributed by atoms with Crippen LogP contribution in [0.3, 0.4) is 0 Å². The Balaban J connectivity index is 2.55. The van der Waals surface area contributed by atoms with E-state index in [4.69, 9.17) is 5.73 Å². The van der Waals surface area contributed by atoms with E-state index in [1.165, 1.54) is 34.0 Å². The predicted molar refractivity (Wildman–Crippen MR) is 67.9 cm³/mol. The van der Waals surface area contributed by atoms with Gasteiger partial charge in [0.15, 0.2) is 0 Å². The van der Waals surface area contributed by atoms with E-state index < -0.39 is 0 Å². The molecule has 1 fully saturated rings. The normalized spacial score (nSPS) is 19.5. The Labute approximate surface area is 100 Å². The van der Waals surface area contributed by atoms with Crippen LogP contribution in [0.1, 0.15) is 42.4 Å². The van der Waals surface area contributed by atoms with E-state index in [-0.39, 0.29) is 5.54 Å². The maximum absolute atomic E-state index is 6.53. The van der Waals surface area contributed by atoms with E-state index in [9.17, 15) is 0 Å². The van der Waals surface area contributed by atoms with Crippen molar-refractivity contribution in [1.29, 1.82) is 0 Å². The summed E-state index contributed by atoms with van der Waals surface area (Å²) in [6.45, 7) is 4.33. The molecule has 0 aliphatic heterocycles. The molecule has 1 aliphatic rings. The second kappa shape index (κ2) is 3.91. The van der Waals surface area contributed by atoms with Crippen molar-refractivity contribution in [2.45, 2.75) is 45.1 Å². The highest BCUT2D eigenvalue weighted by molar-refractivity contribution is 9.10. The van der Waals surface area contributed by atoms with Crippen LogP contribution >= 0.6 is 15.9 Å². The van der Waals surface area contributed by atoms with Crippen molar-refractivity contribution in [1.82, 2.24) is 0 Å². The minimum absolute atomic E-state index is 0.0715. The SMILES string of the molecule is Cc1ccc(Br)c(C)c1C1(N)CCCC1. The van der Waals surface area contributed by atoms with Gasteiger partial charge in [-0.05, 0) is 49.4 Å². The Hall–Kier alpha value is -0.340. The highest BCUT2D eigenvalue weighted by Crippen LogP contribution is 2.40. The maximum atomic E-state index is 6.53. The summed E-state index contributed by atoms with van der Waals surface area (Å²) in [7, 11) is 0. The molecule has 1 aromatic carbocycles. The van der Waals surface area contributed by atoms with Crippen LogP contribution in [-0.4, -0.2) is 0 Å². The van der Waals surface area contributed by atoms with Crippen LogP contribution in [0.4, 0.5) is 0 Å². The molecule has 2 heteroatoms. The van der Waals surface area contributed by atoms with Crippen molar-refractivity contribution in [3.63, 3.8) is 0 Å². The van der Waals surface area contributed by atoms with Gasteiger partial charge in [0.25, 0.3) is 0 Å². The van der Waals surface area contributed by atoms with E-state index >= 15 is 0 Å². The lowest BCUT2D eigenvalue weighted by Crippen LogP contribution is -2.34. The largest absolute Gasteiger partial charge is 0.321 e. The topological polar surface area (TPSA) is 26.0 Å². The molecule has 2 N–H and O–H groups in total. The van der Waals surface area contributed by atoms with Crippen molar-refractivity contribution in [3.8, 4) is 0 Å². The second-order valence-corrected chi connectivity index (χ2v) is 5.58. The van der Waals surface area contributed by atoms with Gasteiger partial charge in [0.1, 0.15) is 0 Å². The highest BCUT2D eigenvalue weighted by atomic mass is 79.9. The Kier molecular flexibility index (Phi) is 2.91. The van der Waals surface area contributed by atoms with Gasteiger partial charge in [-0.1, -0.05) is 34.8 Å². The van der Waals surface area contributed by atoms with Gasteiger partial charge < -0.3 is 5.73 Å². The van der Waals surface area contributed by atoms with Gasteiger partial charge >= 0.3 is 0 Å². The van der Waals surface area contributed by atoms with Gasteiger partial charge in [-0.25, -0.2) is 0 Å². The first kappa shape index (κ1) is 11.2. The van der Waals surface area contributed by atoms with Crippen LogP contribution in [0.25, 0.3) is 0 Å². The summed E-state index contributed by atoms with van der Waals surface area (Å²) in [5, 5.41) is 0. The first-order valence-electron chi connectivity index (χ1n) is 5.60. The van der Waals surface area contributed by atoms with Crippen LogP contribution in [0.15, 0.2) is 16.6 Å². The molecule has 0 heterocycles. The molecule has 0 radical (unpaired) electrons. The fourth-order valence-corrected chi connectivity index (χ4v) is 3.17. The molecule has 0 unspecified atom stereocenters. The molecule has 0 saturated heterocycles. The van der Waals surface area contributed by atoms with Gasteiger partial charge in [0.2, 0.25) is 0 Å². The number of benzene rings is 1. The zero-order chi connectivity index (χ0) is 11.1. The number of aryl methyl sites for hydroxylation is 1. The molecule has 0 spiro atoms. The lowest BCUT2D eigenvalue weighted by Gasteiger charge is -2.28. The van der Waals surface area contributed by atoms with Gasteiger partial charge in [-0.3, -0.25) is 0 Å². The molecule has 0 atom stereocenters. The Morgan fingerprint density at radius 1 is 1.20 bits per heavy atom. The number of halogens is 1. The maximum Gasteiger partial charge on any atom is 0.0415 e. The van der Waals surface area contributed by atoms with Gasteiger partial charge in [-0.2, -0.15) is 0 Å². The van der Waals surface area contributed by atoms with Crippen LogP contribution in [0, 0.1) is 13.8 Å². The molecule has 1 nitrogen and oxygen atoms in total. The van der Waals surface area contributed by atoms with Crippen LogP contribution in [-0.2, 0) is 5.54 Å². The number of nitrogens with two attached hydrogens (primary N) is 1. The Bertz CT molecular complexity index is 378. The quantitative estimate of drug-likeness (QED) is 0.823. The fraction of sp³-hybridized carbons (Fsp3) is 0.538. The fourth-order valence-electron chi connectivity index (χ4n) is 2.84. The lowest BCUT2D eigenvalue weighted by atomic mass is 9.83. The summed E-state index contributed by atoms with van der Waals surface area (Å²) in [6.07, 6.45) is 4.79. The standard InChI is InChI=1S/C13H18BrN/c1-9-5-6-11(14)10(2)12(9)13(15)7-3-4-8-13/h5-6H,3-4,7-8,15H2,1-2H3. The third kappa shape index (κ3) is 1.85. The van der Waals surface area contributed by atoms with Crippen molar-refractivity contribution < 1.29 is 0 Å². The molecule has 0 bridgehead atoms. The van der Waals surface area contributed by atoms with E-state index in [1.807, 2.05) is 0 Å². The molecule has 2 rings (SSSR count). The number of rotatable bonds is 1. The second-order valence-electron chi connectivity index (χ2n) is 4.73. The molecular weight excluding hydrogens is 250 g/mol. The molecule has 1 aliphatic carbocycles. The Morgan fingerprint density at radius 2 is 1.80 bits per heavy atom. The van der Waals surface area contributed by atoms with Gasteiger partial charge in [-0.15, -0.1) is 0 Å². The third-order valence-electron chi connectivity index (χ3n) is 3.60. The van der Waals surface area contributed by atoms with Crippen LogP contribution < -0.4 is 5.73 Å². The average molecular weight is 268 g/mol. The number of hydrogen-bond donors (Lipinski definition) is 1. The van der Waals surface area contributed by atoms with Crippen molar-refractivity contribution in [2.24, 2.45) is 5.73 Å². The van der Waals surface area contributed by atoms with Gasteiger partial charge in [0.05, 0.1) is 0 Å². The Morgan fingerprint density at radius 3 is 2.40 bits per heavy atom. The van der Waals surface area contributed by atoms with Crippen molar-refractivity contribution in [3.05, 3.63) is 33.3 Å². The zero-order valence-corrected chi connectivity index (χ0v) is 11.0. The first-order chi connectivity index (χ1) is 7.04. The van der Waals surface area contributed by atoms with E-state index in [0.29, 0.717) is 0 Å². The summed E-state index contributed by atoms with van der Waals surface area (Å²) >= 11 is 3.60. The smallest absolute Gasteiger partial charge is 0.0415 e. The summed E-state index contributed by atoms with van der Waals surface area (Å²) in [5.74, 6) is 0. The minimum Gasteiger partial charge on any atom is -0.321 e. The molecule has 0 aromatic heterocycles. The number of hydrogen-bond acceptors (Lipinski definition) is 1. The molecule has 82 valence electrons. The zero-order valence-electron chi connectivity index (χ0n) is 9.44. The van der Waals surface area contributed by atoms with Crippen LogP contribution in [0.5, 0.6) is 0 Å². The molecule has 1 saturated carbocycles. The first-order valence-corrected chi connectivity index (χ1v) is 6.39. The monoisotopic (exact) mass is 267 g/mol. The van der Waals surface area contributed by atoms with Crippen molar-refractivity contribution >= 4 is 15.9 Å². The molecule has 15 heavy (non-hydrogen) atoms. The average Bonchev–Trinajstić information content (AvgIpc) is 2.60. The highest BCUT2D eigenvalue weighted by Gasteiger charge is 2.33. The van der Waals surface area contributed by atoms with E-state index in [2.05, 4.69) is 41.9 Å². The summed E-state index contributed by atoms with van der Waals surface area (Å²) in [5.41, 5.74) is 10.5. The third-order valence-corrected chi connectivity index (χ3v) is 4.46. The molecule has 0 amide bonds. The molecule has 1 aromatic rings.